The van der Waals surface area contributed by atoms with E-state index in [0.29, 0.717) is 23.2 Å². The summed E-state index contributed by atoms with van der Waals surface area (Å²) in [5.74, 6) is 2.06. The molecule has 142 valence electrons. The number of fused-ring (bicyclic) bond motifs is 1. The first kappa shape index (κ1) is 19.6. The van der Waals surface area contributed by atoms with Crippen LogP contribution in [0.25, 0.3) is 10.8 Å². The standard InChI is InChI=1S/C20H23N3O2S2/c1-4-16(25-17-11-7-9-14-8-5-6-10-15(14)17)18(24)21-19-22-23-20(27-19)26-12-13(2)3/h5-11,13,16H,4,12H2,1-3H3,(H,21,22,24). The molecule has 0 aliphatic rings. The first-order valence-electron chi connectivity index (χ1n) is 8.98. The number of nitrogens with one attached hydrogen (secondary N) is 1. The summed E-state index contributed by atoms with van der Waals surface area (Å²) in [6.45, 7) is 6.25. The molecule has 1 atom stereocenters. The minimum absolute atomic E-state index is 0.206. The number of ether oxygens (including phenoxy) is 1. The van der Waals surface area contributed by atoms with Gasteiger partial charge in [0.1, 0.15) is 5.75 Å². The predicted molar refractivity (Wildman–Crippen MR) is 113 cm³/mol. The van der Waals surface area contributed by atoms with Crippen LogP contribution in [0.2, 0.25) is 0 Å². The van der Waals surface area contributed by atoms with Gasteiger partial charge < -0.3 is 4.74 Å². The van der Waals surface area contributed by atoms with Gasteiger partial charge >= 0.3 is 0 Å². The zero-order chi connectivity index (χ0) is 19.2. The Labute approximate surface area is 167 Å². The average molecular weight is 402 g/mol. The smallest absolute Gasteiger partial charge is 0.267 e. The number of nitrogens with zero attached hydrogens (tertiary/aromatic N) is 2. The quantitative estimate of drug-likeness (QED) is 0.413. The fourth-order valence-corrected chi connectivity index (χ4v) is 4.25. The number of carbonyl (C=O) groups is 1. The Bertz CT molecular complexity index is 906. The molecule has 3 rings (SSSR count). The normalized spacial score (nSPS) is 12.3. The predicted octanol–water partition coefficient (Wildman–Crippen LogP) is 5.24. The lowest BCUT2D eigenvalue weighted by molar-refractivity contribution is -0.122. The molecule has 0 bridgehead atoms. The van der Waals surface area contributed by atoms with Crippen LogP contribution in [0.15, 0.2) is 46.8 Å². The highest BCUT2D eigenvalue weighted by atomic mass is 32.2. The highest BCUT2D eigenvalue weighted by molar-refractivity contribution is 8.01. The third kappa shape index (κ3) is 5.20. The summed E-state index contributed by atoms with van der Waals surface area (Å²) in [5.41, 5.74) is 0. The number of rotatable bonds is 8. The van der Waals surface area contributed by atoms with Crippen molar-refractivity contribution in [3.05, 3.63) is 42.5 Å². The average Bonchev–Trinajstić information content (AvgIpc) is 3.11. The Morgan fingerprint density at radius 1 is 1.19 bits per heavy atom. The highest BCUT2D eigenvalue weighted by Gasteiger charge is 2.21. The van der Waals surface area contributed by atoms with E-state index in [9.17, 15) is 4.79 Å². The van der Waals surface area contributed by atoms with Crippen LogP contribution < -0.4 is 10.1 Å². The third-order valence-corrected chi connectivity index (χ3v) is 6.26. The van der Waals surface area contributed by atoms with Crippen LogP contribution in [-0.4, -0.2) is 28.0 Å². The van der Waals surface area contributed by atoms with Crippen LogP contribution in [0.5, 0.6) is 5.75 Å². The molecule has 0 radical (unpaired) electrons. The maximum atomic E-state index is 12.7. The lowest BCUT2D eigenvalue weighted by Crippen LogP contribution is -2.32. The molecule has 5 nitrogen and oxygen atoms in total. The van der Waals surface area contributed by atoms with Gasteiger partial charge in [0.25, 0.3) is 5.91 Å². The first-order chi connectivity index (χ1) is 13.1. The van der Waals surface area contributed by atoms with E-state index in [1.165, 1.54) is 11.3 Å². The molecular formula is C20H23N3O2S2. The summed E-state index contributed by atoms with van der Waals surface area (Å²) >= 11 is 3.05. The molecule has 2 aromatic carbocycles. The van der Waals surface area contributed by atoms with Gasteiger partial charge in [0.15, 0.2) is 10.4 Å². The van der Waals surface area contributed by atoms with Crippen molar-refractivity contribution in [1.82, 2.24) is 10.2 Å². The van der Waals surface area contributed by atoms with Crippen molar-refractivity contribution < 1.29 is 9.53 Å². The van der Waals surface area contributed by atoms with E-state index in [1.54, 1.807) is 11.8 Å². The fraction of sp³-hybridized carbons (Fsp3) is 0.350. The molecule has 0 spiro atoms. The first-order valence-corrected chi connectivity index (χ1v) is 10.8. The van der Waals surface area contributed by atoms with Gasteiger partial charge in [0.05, 0.1) is 0 Å². The molecule has 0 aliphatic carbocycles. The van der Waals surface area contributed by atoms with E-state index in [0.717, 1.165) is 20.9 Å². The number of hydrogen-bond acceptors (Lipinski definition) is 6. The highest BCUT2D eigenvalue weighted by Crippen LogP contribution is 2.28. The Hall–Kier alpha value is -2.12. The van der Waals surface area contributed by atoms with E-state index in [2.05, 4.69) is 29.4 Å². The van der Waals surface area contributed by atoms with E-state index < -0.39 is 6.10 Å². The number of aromatic nitrogens is 2. The number of carbonyl (C=O) groups excluding carboxylic acids is 1. The number of anilines is 1. The Morgan fingerprint density at radius 2 is 1.96 bits per heavy atom. The van der Waals surface area contributed by atoms with E-state index in [-0.39, 0.29) is 5.91 Å². The van der Waals surface area contributed by atoms with Crippen LogP contribution in [0.1, 0.15) is 27.2 Å². The maximum Gasteiger partial charge on any atom is 0.267 e. The molecule has 1 amide bonds. The molecule has 1 aromatic heterocycles. The molecule has 1 N–H and O–H groups in total. The van der Waals surface area contributed by atoms with Crippen molar-refractivity contribution >= 4 is 44.9 Å². The molecule has 27 heavy (non-hydrogen) atoms. The molecule has 0 fully saturated rings. The number of benzene rings is 2. The summed E-state index contributed by atoms with van der Waals surface area (Å²) in [6.07, 6.45) is -0.0329. The van der Waals surface area contributed by atoms with E-state index in [4.69, 9.17) is 4.74 Å². The second kappa shape index (κ2) is 9.19. The van der Waals surface area contributed by atoms with Gasteiger partial charge in [-0.3, -0.25) is 10.1 Å². The van der Waals surface area contributed by atoms with Gasteiger partial charge in [-0.05, 0) is 23.8 Å². The number of thioether (sulfide) groups is 1. The van der Waals surface area contributed by atoms with Gasteiger partial charge in [0, 0.05) is 11.1 Å². The summed E-state index contributed by atoms with van der Waals surface area (Å²) in [6, 6.07) is 13.8. The maximum absolute atomic E-state index is 12.7. The number of hydrogen-bond donors (Lipinski definition) is 1. The van der Waals surface area contributed by atoms with Crippen LogP contribution in [0.4, 0.5) is 5.13 Å². The minimum atomic E-state index is -0.591. The Kier molecular flexibility index (Phi) is 6.68. The second-order valence-electron chi connectivity index (χ2n) is 6.56. The van der Waals surface area contributed by atoms with Gasteiger partial charge in [0.2, 0.25) is 5.13 Å². The molecule has 7 heteroatoms. The van der Waals surface area contributed by atoms with Crippen LogP contribution in [-0.2, 0) is 4.79 Å². The van der Waals surface area contributed by atoms with Crippen molar-refractivity contribution in [1.29, 1.82) is 0 Å². The SMILES string of the molecule is CCC(Oc1cccc2ccccc12)C(=O)Nc1nnc(SCC(C)C)s1. The molecule has 0 aliphatic heterocycles. The molecule has 1 heterocycles. The number of amides is 1. The molecule has 0 saturated carbocycles. The van der Waals surface area contributed by atoms with Gasteiger partial charge in [-0.25, -0.2) is 0 Å². The van der Waals surface area contributed by atoms with Gasteiger partial charge in [-0.2, -0.15) is 0 Å². The summed E-state index contributed by atoms with van der Waals surface area (Å²) in [5, 5.41) is 13.6. The second-order valence-corrected chi connectivity index (χ2v) is 8.80. The van der Waals surface area contributed by atoms with Gasteiger partial charge in [-0.1, -0.05) is 80.3 Å². The summed E-state index contributed by atoms with van der Waals surface area (Å²) < 4.78 is 6.90. The zero-order valence-corrected chi connectivity index (χ0v) is 17.3. The monoisotopic (exact) mass is 401 g/mol. The molecule has 3 aromatic rings. The van der Waals surface area contributed by atoms with Crippen LogP contribution in [0.3, 0.4) is 0 Å². The third-order valence-electron chi connectivity index (χ3n) is 3.86. The fourth-order valence-electron chi connectivity index (χ4n) is 2.52. The van der Waals surface area contributed by atoms with Crippen LogP contribution >= 0.6 is 23.1 Å². The van der Waals surface area contributed by atoms with Crippen molar-refractivity contribution in [3.8, 4) is 5.75 Å². The Balaban J connectivity index is 1.67. The van der Waals surface area contributed by atoms with Crippen LogP contribution in [0, 0.1) is 5.92 Å². The lowest BCUT2D eigenvalue weighted by Gasteiger charge is -2.17. The topological polar surface area (TPSA) is 64.1 Å². The van der Waals surface area contributed by atoms with Crippen molar-refractivity contribution in [2.75, 3.05) is 11.1 Å². The molecule has 0 saturated heterocycles. The van der Waals surface area contributed by atoms with E-state index >= 15 is 0 Å². The van der Waals surface area contributed by atoms with Crippen molar-refractivity contribution in [2.24, 2.45) is 5.92 Å². The largest absolute Gasteiger partial charge is 0.480 e. The molecular weight excluding hydrogens is 378 g/mol. The van der Waals surface area contributed by atoms with Crippen molar-refractivity contribution in [3.63, 3.8) is 0 Å². The summed E-state index contributed by atoms with van der Waals surface area (Å²) in [4.78, 5) is 12.7. The van der Waals surface area contributed by atoms with E-state index in [1.807, 2.05) is 49.4 Å². The Morgan fingerprint density at radius 3 is 2.74 bits per heavy atom. The van der Waals surface area contributed by atoms with Gasteiger partial charge in [-0.15, -0.1) is 10.2 Å². The molecule has 1 unspecified atom stereocenters. The minimum Gasteiger partial charge on any atom is -0.480 e. The zero-order valence-electron chi connectivity index (χ0n) is 15.6. The van der Waals surface area contributed by atoms with Crippen molar-refractivity contribution in [2.45, 2.75) is 37.6 Å². The lowest BCUT2D eigenvalue weighted by atomic mass is 10.1. The summed E-state index contributed by atoms with van der Waals surface area (Å²) in [7, 11) is 0.